The van der Waals surface area contributed by atoms with Crippen molar-refractivity contribution >= 4 is 27.5 Å². The molecule has 0 aliphatic carbocycles. The maximum atomic E-state index is 13.9. The van der Waals surface area contributed by atoms with E-state index in [2.05, 4.69) is 6.92 Å². The van der Waals surface area contributed by atoms with Crippen molar-refractivity contribution in [3.63, 3.8) is 0 Å². The van der Waals surface area contributed by atoms with Gasteiger partial charge < -0.3 is 4.90 Å². The molecule has 2 aliphatic rings. The molecule has 5 nitrogen and oxygen atoms in total. The Hall–Kier alpha value is -1.18. The molecule has 2 heterocycles. The summed E-state index contributed by atoms with van der Waals surface area (Å²) in [4.78, 5) is 14.7. The van der Waals surface area contributed by atoms with Crippen LogP contribution in [0.3, 0.4) is 0 Å². The van der Waals surface area contributed by atoms with Crippen molar-refractivity contribution in [3.05, 3.63) is 34.6 Å². The zero-order valence-corrected chi connectivity index (χ0v) is 17.1. The largest absolute Gasteiger partial charge is 0.342 e. The van der Waals surface area contributed by atoms with Crippen LogP contribution in [0.2, 0.25) is 5.02 Å². The van der Waals surface area contributed by atoms with Crippen molar-refractivity contribution in [2.24, 2.45) is 11.8 Å². The fourth-order valence-electron chi connectivity index (χ4n) is 3.97. The molecule has 0 radical (unpaired) electrons. The van der Waals surface area contributed by atoms with Gasteiger partial charge in [0.05, 0.1) is 5.75 Å². The molecule has 0 spiro atoms. The first-order valence-electron chi connectivity index (χ1n) is 9.47. The van der Waals surface area contributed by atoms with Crippen LogP contribution in [0.25, 0.3) is 0 Å². The third kappa shape index (κ3) is 4.81. The van der Waals surface area contributed by atoms with Crippen LogP contribution < -0.4 is 0 Å². The number of sulfonamides is 1. The quantitative estimate of drug-likeness (QED) is 0.756. The van der Waals surface area contributed by atoms with Gasteiger partial charge in [-0.2, -0.15) is 0 Å². The van der Waals surface area contributed by atoms with Gasteiger partial charge in [0, 0.05) is 42.7 Å². The van der Waals surface area contributed by atoms with Crippen LogP contribution >= 0.6 is 11.6 Å². The number of hydrogen-bond donors (Lipinski definition) is 0. The molecule has 8 heteroatoms. The number of piperidine rings is 2. The summed E-state index contributed by atoms with van der Waals surface area (Å²) in [5.41, 5.74) is -0.000305. The lowest BCUT2D eigenvalue weighted by molar-refractivity contribution is -0.138. The van der Waals surface area contributed by atoms with Crippen LogP contribution in [-0.2, 0) is 20.6 Å². The highest BCUT2D eigenvalue weighted by molar-refractivity contribution is 7.88. The molecule has 27 heavy (non-hydrogen) atoms. The zero-order valence-electron chi connectivity index (χ0n) is 15.5. The van der Waals surface area contributed by atoms with E-state index in [4.69, 9.17) is 11.6 Å². The van der Waals surface area contributed by atoms with E-state index in [9.17, 15) is 17.6 Å². The Kier molecular flexibility index (Phi) is 6.43. The second-order valence-electron chi connectivity index (χ2n) is 7.66. The van der Waals surface area contributed by atoms with E-state index in [-0.39, 0.29) is 35.5 Å². The number of benzene rings is 1. The van der Waals surface area contributed by atoms with Crippen molar-refractivity contribution in [1.82, 2.24) is 9.21 Å². The lowest BCUT2D eigenvalue weighted by Gasteiger charge is -2.36. The lowest BCUT2D eigenvalue weighted by atomic mass is 9.93. The molecule has 1 aromatic carbocycles. The van der Waals surface area contributed by atoms with Gasteiger partial charge in [-0.25, -0.2) is 17.1 Å². The predicted molar refractivity (Wildman–Crippen MR) is 103 cm³/mol. The van der Waals surface area contributed by atoms with Crippen molar-refractivity contribution in [1.29, 1.82) is 0 Å². The first-order valence-corrected chi connectivity index (χ1v) is 11.5. The minimum absolute atomic E-state index is 0.000305. The maximum Gasteiger partial charge on any atom is 0.225 e. The summed E-state index contributed by atoms with van der Waals surface area (Å²) in [5.74, 6) is -0.528. The highest BCUT2D eigenvalue weighted by Gasteiger charge is 2.34. The SMILES string of the molecule is C[C@@H]1CCCN(C(=O)C2CCN(S(=O)(=O)Cc3c(F)cccc3Cl)CC2)C1. The molecule has 0 saturated carbocycles. The molecule has 3 rings (SSSR count). The highest BCUT2D eigenvalue weighted by atomic mass is 35.5. The molecular formula is C19H26ClFN2O3S. The topological polar surface area (TPSA) is 57.7 Å². The normalized spacial score (nSPS) is 22.8. The number of carbonyl (C=O) groups is 1. The van der Waals surface area contributed by atoms with Crippen molar-refractivity contribution in [2.45, 2.75) is 38.4 Å². The predicted octanol–water partition coefficient (Wildman–Crippen LogP) is 3.28. The summed E-state index contributed by atoms with van der Waals surface area (Å²) < 4.78 is 40.7. The zero-order chi connectivity index (χ0) is 19.6. The van der Waals surface area contributed by atoms with Crippen LogP contribution in [0.15, 0.2) is 18.2 Å². The van der Waals surface area contributed by atoms with E-state index in [1.54, 1.807) is 0 Å². The number of likely N-dealkylation sites (tertiary alicyclic amines) is 1. The molecule has 1 amide bonds. The molecule has 2 aliphatic heterocycles. The van der Waals surface area contributed by atoms with E-state index in [1.165, 1.54) is 22.5 Å². The van der Waals surface area contributed by atoms with E-state index in [1.807, 2.05) is 4.90 Å². The minimum atomic E-state index is -3.68. The molecule has 0 N–H and O–H groups in total. The van der Waals surface area contributed by atoms with E-state index < -0.39 is 21.6 Å². The molecule has 1 aromatic rings. The monoisotopic (exact) mass is 416 g/mol. The molecule has 150 valence electrons. The van der Waals surface area contributed by atoms with Crippen molar-refractivity contribution < 1.29 is 17.6 Å². The minimum Gasteiger partial charge on any atom is -0.342 e. The first-order chi connectivity index (χ1) is 12.8. The number of halogens is 2. The number of carbonyl (C=O) groups excluding carboxylic acids is 1. The van der Waals surface area contributed by atoms with Gasteiger partial charge in [-0.15, -0.1) is 0 Å². The van der Waals surface area contributed by atoms with Crippen LogP contribution in [0.4, 0.5) is 4.39 Å². The number of rotatable bonds is 4. The lowest BCUT2D eigenvalue weighted by Crippen LogP contribution is -2.47. The van der Waals surface area contributed by atoms with Gasteiger partial charge in [0.2, 0.25) is 15.9 Å². The Bertz CT molecular complexity index is 774. The first kappa shape index (κ1) is 20.6. The number of amides is 1. The number of hydrogen-bond acceptors (Lipinski definition) is 3. The fourth-order valence-corrected chi connectivity index (χ4v) is 5.89. The average molecular weight is 417 g/mol. The maximum absolute atomic E-state index is 13.9. The highest BCUT2D eigenvalue weighted by Crippen LogP contribution is 2.27. The molecule has 0 aromatic heterocycles. The Balaban J connectivity index is 1.60. The van der Waals surface area contributed by atoms with Gasteiger partial charge in [-0.3, -0.25) is 4.79 Å². The Labute approximate surface area is 165 Å². The Morgan fingerprint density at radius 3 is 2.56 bits per heavy atom. The van der Waals surface area contributed by atoms with E-state index >= 15 is 0 Å². The molecule has 1 atom stereocenters. The third-order valence-electron chi connectivity index (χ3n) is 5.55. The van der Waals surface area contributed by atoms with Gasteiger partial charge in [0.25, 0.3) is 0 Å². The van der Waals surface area contributed by atoms with Crippen LogP contribution in [0.1, 0.15) is 38.2 Å². The van der Waals surface area contributed by atoms with Crippen LogP contribution in [0, 0.1) is 17.7 Å². The summed E-state index contributed by atoms with van der Waals surface area (Å²) >= 11 is 5.96. The standard InChI is InChI=1S/C19H26ClFN2O3S/c1-14-4-3-9-22(12-14)19(24)15-7-10-23(11-8-15)27(25,26)13-16-17(20)5-2-6-18(16)21/h2,5-6,14-15H,3-4,7-13H2,1H3/t14-/m1/s1. The number of nitrogens with zero attached hydrogens (tertiary/aromatic N) is 2. The summed E-state index contributed by atoms with van der Waals surface area (Å²) in [7, 11) is -3.68. The van der Waals surface area contributed by atoms with Gasteiger partial charge in [0.15, 0.2) is 0 Å². The van der Waals surface area contributed by atoms with Gasteiger partial charge >= 0.3 is 0 Å². The van der Waals surface area contributed by atoms with E-state index in [0.29, 0.717) is 18.8 Å². The molecule has 0 unspecified atom stereocenters. The second kappa shape index (κ2) is 8.45. The second-order valence-corrected chi connectivity index (χ2v) is 10.0. The van der Waals surface area contributed by atoms with Crippen molar-refractivity contribution in [3.8, 4) is 0 Å². The van der Waals surface area contributed by atoms with Crippen LogP contribution in [-0.4, -0.2) is 49.7 Å². The van der Waals surface area contributed by atoms with Gasteiger partial charge in [-0.05, 0) is 43.7 Å². The Morgan fingerprint density at radius 2 is 1.93 bits per heavy atom. The fraction of sp³-hybridized carbons (Fsp3) is 0.632. The molecular weight excluding hydrogens is 391 g/mol. The average Bonchev–Trinajstić information content (AvgIpc) is 2.64. The summed E-state index contributed by atoms with van der Waals surface area (Å²) in [5, 5.41) is 0.114. The summed E-state index contributed by atoms with van der Waals surface area (Å²) in [6, 6.07) is 4.15. The summed E-state index contributed by atoms with van der Waals surface area (Å²) in [6.45, 7) is 4.32. The molecule has 0 bridgehead atoms. The third-order valence-corrected chi connectivity index (χ3v) is 7.71. The van der Waals surface area contributed by atoms with Crippen LogP contribution in [0.5, 0.6) is 0 Å². The summed E-state index contributed by atoms with van der Waals surface area (Å²) in [6.07, 6.45) is 3.20. The van der Waals surface area contributed by atoms with Crippen molar-refractivity contribution in [2.75, 3.05) is 26.2 Å². The Morgan fingerprint density at radius 1 is 1.22 bits per heavy atom. The molecule has 2 fully saturated rings. The van der Waals surface area contributed by atoms with Gasteiger partial charge in [0.1, 0.15) is 5.82 Å². The molecule has 2 saturated heterocycles. The smallest absolute Gasteiger partial charge is 0.225 e. The van der Waals surface area contributed by atoms with Gasteiger partial charge in [-0.1, -0.05) is 24.6 Å². The van der Waals surface area contributed by atoms with E-state index in [0.717, 1.165) is 25.9 Å².